The van der Waals surface area contributed by atoms with Gasteiger partial charge in [0, 0.05) is 23.8 Å². The van der Waals surface area contributed by atoms with Gasteiger partial charge in [0.05, 0.1) is 0 Å². The number of carbonyl (C=O) groups is 2. The fourth-order valence-corrected chi connectivity index (χ4v) is 3.47. The first-order chi connectivity index (χ1) is 12.0. The molecule has 1 aromatic carbocycles. The minimum Gasteiger partial charge on any atom is -0.480 e. The lowest BCUT2D eigenvalue weighted by Crippen LogP contribution is -2.45. The van der Waals surface area contributed by atoms with Crippen molar-refractivity contribution in [2.24, 2.45) is 0 Å². The van der Waals surface area contributed by atoms with Gasteiger partial charge in [-0.2, -0.15) is 0 Å². The van der Waals surface area contributed by atoms with E-state index < -0.39 is 0 Å². The monoisotopic (exact) mass is 401 g/mol. The van der Waals surface area contributed by atoms with E-state index in [1.807, 2.05) is 6.92 Å². The summed E-state index contributed by atoms with van der Waals surface area (Å²) in [5, 5.41) is 0. The minimum absolute atomic E-state index is 0.0310. The molecule has 1 aromatic heterocycles. The highest BCUT2D eigenvalue weighted by Gasteiger charge is 2.31. The molecule has 6 nitrogen and oxygen atoms in total. The topological polar surface area (TPSA) is 62.7 Å². The van der Waals surface area contributed by atoms with E-state index in [9.17, 15) is 9.59 Å². The van der Waals surface area contributed by atoms with Gasteiger partial charge in [-0.3, -0.25) is 14.5 Å². The molecular formula is C18H16BrN3O3. The van der Waals surface area contributed by atoms with Gasteiger partial charge in [-0.1, -0.05) is 23.8 Å². The van der Waals surface area contributed by atoms with E-state index in [4.69, 9.17) is 4.74 Å². The molecule has 25 heavy (non-hydrogen) atoms. The number of aryl methyl sites for hydroxylation is 1. The van der Waals surface area contributed by atoms with Gasteiger partial charge in [-0.05, 0) is 40.0 Å². The zero-order valence-electron chi connectivity index (χ0n) is 13.7. The first-order valence-corrected chi connectivity index (χ1v) is 8.75. The van der Waals surface area contributed by atoms with E-state index in [0.29, 0.717) is 24.7 Å². The summed E-state index contributed by atoms with van der Waals surface area (Å²) < 4.78 is 6.17. The number of anilines is 1. The Morgan fingerprint density at radius 3 is 2.92 bits per heavy atom. The van der Waals surface area contributed by atoms with Crippen LogP contribution in [0.2, 0.25) is 0 Å². The number of nitrogens with zero attached hydrogens (tertiary/aromatic N) is 3. The quantitative estimate of drug-likeness (QED) is 0.774. The van der Waals surface area contributed by atoms with Crippen molar-refractivity contribution in [1.82, 2.24) is 9.88 Å². The predicted molar refractivity (Wildman–Crippen MR) is 95.2 cm³/mol. The van der Waals surface area contributed by atoms with Crippen LogP contribution in [0.1, 0.15) is 16.7 Å². The number of pyridine rings is 1. The van der Waals surface area contributed by atoms with Crippen molar-refractivity contribution in [2.75, 3.05) is 18.1 Å². The summed E-state index contributed by atoms with van der Waals surface area (Å²) in [4.78, 5) is 32.4. The number of hydrogen-bond acceptors (Lipinski definition) is 4. The molecule has 0 unspecified atom stereocenters. The average molecular weight is 402 g/mol. The van der Waals surface area contributed by atoms with Gasteiger partial charge in [-0.25, -0.2) is 4.98 Å². The first-order valence-electron chi connectivity index (χ1n) is 7.96. The fraction of sp³-hybridized carbons (Fsp3) is 0.278. The maximum absolute atomic E-state index is 12.7. The van der Waals surface area contributed by atoms with Crippen LogP contribution in [-0.4, -0.2) is 34.8 Å². The van der Waals surface area contributed by atoms with Crippen molar-refractivity contribution in [1.29, 1.82) is 0 Å². The summed E-state index contributed by atoms with van der Waals surface area (Å²) in [5.74, 6) is 0.533. The highest BCUT2D eigenvalue weighted by atomic mass is 79.9. The Balaban J connectivity index is 1.53. The first kappa shape index (κ1) is 16.1. The molecule has 0 spiro atoms. The molecule has 2 aromatic rings. The molecule has 0 bridgehead atoms. The number of benzene rings is 1. The number of aromatic nitrogens is 1. The molecule has 128 valence electrons. The molecule has 0 N–H and O–H groups in total. The summed E-state index contributed by atoms with van der Waals surface area (Å²) in [6.45, 7) is 3.08. The molecule has 0 atom stereocenters. The lowest BCUT2D eigenvalue weighted by Gasteiger charge is -2.29. The number of carbonyl (C=O) groups excluding carboxylic acids is 2. The Morgan fingerprint density at radius 2 is 2.08 bits per heavy atom. The second kappa shape index (κ2) is 6.15. The minimum atomic E-state index is -0.261. The van der Waals surface area contributed by atoms with Crippen LogP contribution >= 0.6 is 15.9 Å². The van der Waals surface area contributed by atoms with Crippen LogP contribution in [0.25, 0.3) is 0 Å². The molecule has 0 radical (unpaired) electrons. The Morgan fingerprint density at radius 1 is 1.28 bits per heavy atom. The van der Waals surface area contributed by atoms with E-state index >= 15 is 0 Å². The van der Waals surface area contributed by atoms with Crippen LogP contribution in [0, 0.1) is 6.92 Å². The van der Waals surface area contributed by atoms with Crippen LogP contribution in [0.3, 0.4) is 0 Å². The van der Waals surface area contributed by atoms with Gasteiger partial charge in [0.2, 0.25) is 5.91 Å². The van der Waals surface area contributed by atoms with E-state index in [2.05, 4.69) is 39.1 Å². The SMILES string of the molecule is Cc1ccc2c(c1)CN(C(=O)CN1C(=O)COc3cc(Br)cnc31)C2. The lowest BCUT2D eigenvalue weighted by molar-refractivity contribution is -0.132. The van der Waals surface area contributed by atoms with Crippen molar-refractivity contribution in [2.45, 2.75) is 20.0 Å². The molecule has 7 heteroatoms. The third-order valence-electron chi connectivity index (χ3n) is 4.44. The van der Waals surface area contributed by atoms with Crippen molar-refractivity contribution >= 4 is 33.6 Å². The summed E-state index contributed by atoms with van der Waals surface area (Å²) in [6, 6.07) is 7.97. The van der Waals surface area contributed by atoms with Gasteiger partial charge < -0.3 is 9.64 Å². The van der Waals surface area contributed by atoms with Crippen LogP contribution in [0.5, 0.6) is 5.75 Å². The number of ether oxygens (including phenoxy) is 1. The van der Waals surface area contributed by atoms with Crippen LogP contribution in [-0.2, 0) is 22.7 Å². The highest BCUT2D eigenvalue weighted by Crippen LogP contribution is 2.32. The summed E-state index contributed by atoms with van der Waals surface area (Å²) >= 11 is 3.33. The fourth-order valence-electron chi connectivity index (χ4n) is 3.16. The average Bonchev–Trinajstić information content (AvgIpc) is 3.00. The van der Waals surface area contributed by atoms with Crippen molar-refractivity contribution in [3.05, 3.63) is 51.6 Å². The third-order valence-corrected chi connectivity index (χ3v) is 4.87. The molecule has 0 aliphatic carbocycles. The molecule has 3 heterocycles. The molecule has 2 aliphatic rings. The van der Waals surface area contributed by atoms with E-state index in [0.717, 1.165) is 10.0 Å². The van der Waals surface area contributed by atoms with Gasteiger partial charge in [0.25, 0.3) is 5.91 Å². The smallest absolute Gasteiger partial charge is 0.266 e. The van der Waals surface area contributed by atoms with Gasteiger partial charge in [-0.15, -0.1) is 0 Å². The van der Waals surface area contributed by atoms with Crippen LogP contribution < -0.4 is 9.64 Å². The number of fused-ring (bicyclic) bond motifs is 2. The largest absolute Gasteiger partial charge is 0.480 e. The summed E-state index contributed by atoms with van der Waals surface area (Å²) in [6.07, 6.45) is 1.59. The zero-order valence-corrected chi connectivity index (χ0v) is 15.2. The van der Waals surface area contributed by atoms with Crippen molar-refractivity contribution in [3.63, 3.8) is 0 Å². The van der Waals surface area contributed by atoms with E-state index in [1.165, 1.54) is 16.0 Å². The lowest BCUT2D eigenvalue weighted by atomic mass is 10.1. The van der Waals surface area contributed by atoms with Crippen molar-refractivity contribution in [3.8, 4) is 5.75 Å². The van der Waals surface area contributed by atoms with Crippen molar-refractivity contribution < 1.29 is 14.3 Å². The number of hydrogen-bond donors (Lipinski definition) is 0. The van der Waals surface area contributed by atoms with E-state index in [1.54, 1.807) is 17.2 Å². The Labute approximate surface area is 153 Å². The molecule has 0 saturated heterocycles. The maximum atomic E-state index is 12.7. The Hall–Kier alpha value is -2.41. The maximum Gasteiger partial charge on any atom is 0.266 e. The van der Waals surface area contributed by atoms with Crippen LogP contribution in [0.4, 0.5) is 5.82 Å². The van der Waals surface area contributed by atoms with Gasteiger partial charge in [0.15, 0.2) is 18.2 Å². The molecule has 2 aliphatic heterocycles. The Bertz CT molecular complexity index is 884. The molecular weight excluding hydrogens is 386 g/mol. The normalized spacial score (nSPS) is 15.7. The second-order valence-corrected chi connectivity index (χ2v) is 7.18. The van der Waals surface area contributed by atoms with Gasteiger partial charge >= 0.3 is 0 Å². The molecule has 0 saturated carbocycles. The summed E-state index contributed by atoms with van der Waals surface area (Å²) in [5.41, 5.74) is 3.51. The van der Waals surface area contributed by atoms with Crippen LogP contribution in [0.15, 0.2) is 34.9 Å². The number of rotatable bonds is 2. The predicted octanol–water partition coefficient (Wildman–Crippen LogP) is 2.42. The standard InChI is InChI=1S/C18H16BrN3O3/c1-11-2-3-12-7-21(8-13(12)4-11)16(23)9-22-17(24)10-25-15-5-14(19)6-20-18(15)22/h2-6H,7-10H2,1H3. The number of halogens is 1. The van der Waals surface area contributed by atoms with E-state index in [-0.39, 0.29) is 25.0 Å². The Kier molecular flexibility index (Phi) is 3.95. The highest BCUT2D eigenvalue weighted by molar-refractivity contribution is 9.10. The zero-order chi connectivity index (χ0) is 17.6. The molecule has 0 fully saturated rings. The third kappa shape index (κ3) is 3.00. The molecule has 2 amide bonds. The van der Waals surface area contributed by atoms with Gasteiger partial charge in [0.1, 0.15) is 6.54 Å². The number of amides is 2. The molecule has 4 rings (SSSR count). The second-order valence-electron chi connectivity index (χ2n) is 6.27. The summed E-state index contributed by atoms with van der Waals surface area (Å²) in [7, 11) is 0.